The second-order valence-electron chi connectivity index (χ2n) is 1.68. The van der Waals surface area contributed by atoms with Gasteiger partial charge < -0.3 is 10.8 Å². The topological polar surface area (TPSA) is 46.2 Å². The summed E-state index contributed by atoms with van der Waals surface area (Å²) >= 11 is 0. The predicted molar refractivity (Wildman–Crippen MR) is 25.7 cm³/mol. The molecule has 0 bridgehead atoms. The molecule has 0 aliphatic heterocycles. The molecule has 3 N–H and O–H groups in total. The van der Waals surface area contributed by atoms with E-state index in [1.165, 1.54) is 6.92 Å². The lowest BCUT2D eigenvalue weighted by atomic mass is 10.2. The maximum absolute atomic E-state index is 11.3. The number of rotatable bonds is 2. The molecule has 4 heteroatoms. The van der Waals surface area contributed by atoms with Gasteiger partial charge in [0.05, 0.1) is 0 Å². The van der Waals surface area contributed by atoms with Gasteiger partial charge in [0, 0.05) is 6.04 Å². The van der Waals surface area contributed by atoms with Crippen molar-refractivity contribution in [2.24, 2.45) is 5.73 Å². The van der Waals surface area contributed by atoms with Crippen molar-refractivity contribution in [3.05, 3.63) is 0 Å². The molecule has 0 rings (SSSR count). The zero-order valence-electron chi connectivity index (χ0n) is 4.51. The Balaban J connectivity index is 3.46. The van der Waals surface area contributed by atoms with Gasteiger partial charge in [-0.2, -0.15) is 0 Å². The van der Waals surface area contributed by atoms with Crippen molar-refractivity contribution in [3.8, 4) is 0 Å². The van der Waals surface area contributed by atoms with Crippen LogP contribution >= 0.6 is 0 Å². The van der Waals surface area contributed by atoms with Gasteiger partial charge in [0.15, 0.2) is 0 Å². The highest BCUT2D eigenvalue weighted by Crippen LogP contribution is 2.02. The molecule has 8 heavy (non-hydrogen) atoms. The molecule has 50 valence electrons. The Morgan fingerprint density at radius 3 is 1.88 bits per heavy atom. The lowest BCUT2D eigenvalue weighted by Gasteiger charge is -2.11. The van der Waals surface area contributed by atoms with Crippen molar-refractivity contribution in [2.45, 2.75) is 25.5 Å². The fourth-order valence-electron chi connectivity index (χ4n) is 0.229. The monoisotopic (exact) mass is 125 g/mol. The molecule has 2 atom stereocenters. The van der Waals surface area contributed by atoms with E-state index in [0.717, 1.165) is 0 Å². The van der Waals surface area contributed by atoms with E-state index in [1.807, 2.05) is 0 Å². The van der Waals surface area contributed by atoms with Gasteiger partial charge in [-0.1, -0.05) is 0 Å². The van der Waals surface area contributed by atoms with Crippen LogP contribution in [0.3, 0.4) is 0 Å². The SMILES string of the molecule is C[C@@H](N)[C@H](O)C(F)F. The summed E-state index contributed by atoms with van der Waals surface area (Å²) in [4.78, 5) is 0. The molecule has 0 radical (unpaired) electrons. The Bertz CT molecular complexity index is 59.1. The quantitative estimate of drug-likeness (QED) is 0.544. The molecule has 0 fully saturated rings. The molecule has 0 amide bonds. The number of aliphatic hydroxyl groups excluding tert-OH is 1. The first-order valence-corrected chi connectivity index (χ1v) is 2.27. The molecular formula is C4H9F2NO. The van der Waals surface area contributed by atoms with Crippen LogP contribution in [0.25, 0.3) is 0 Å². The molecule has 0 aromatic heterocycles. The van der Waals surface area contributed by atoms with E-state index >= 15 is 0 Å². The second kappa shape index (κ2) is 2.94. The molecule has 0 aromatic carbocycles. The van der Waals surface area contributed by atoms with E-state index < -0.39 is 18.6 Å². The van der Waals surface area contributed by atoms with Crippen molar-refractivity contribution in [1.29, 1.82) is 0 Å². The van der Waals surface area contributed by atoms with Crippen molar-refractivity contribution in [3.63, 3.8) is 0 Å². The third kappa shape index (κ3) is 2.18. The largest absolute Gasteiger partial charge is 0.386 e. The number of hydrogen-bond donors (Lipinski definition) is 2. The van der Waals surface area contributed by atoms with E-state index in [4.69, 9.17) is 10.8 Å². The van der Waals surface area contributed by atoms with Gasteiger partial charge in [-0.05, 0) is 6.92 Å². The molecular weight excluding hydrogens is 116 g/mol. The zero-order chi connectivity index (χ0) is 6.73. The molecule has 0 aliphatic carbocycles. The highest BCUT2D eigenvalue weighted by molar-refractivity contribution is 4.67. The molecule has 0 aromatic rings. The van der Waals surface area contributed by atoms with Crippen molar-refractivity contribution in [2.75, 3.05) is 0 Å². The first-order chi connectivity index (χ1) is 3.55. The minimum Gasteiger partial charge on any atom is -0.386 e. The summed E-state index contributed by atoms with van der Waals surface area (Å²) in [5.74, 6) is 0. The molecule has 0 saturated carbocycles. The molecule has 0 saturated heterocycles. The van der Waals surface area contributed by atoms with Gasteiger partial charge in [0.1, 0.15) is 6.10 Å². The van der Waals surface area contributed by atoms with Gasteiger partial charge in [0.25, 0.3) is 6.43 Å². The molecule has 0 aliphatic rings. The van der Waals surface area contributed by atoms with E-state index in [2.05, 4.69) is 0 Å². The van der Waals surface area contributed by atoms with E-state index in [1.54, 1.807) is 0 Å². The average Bonchev–Trinajstić information content (AvgIpc) is 1.64. The first-order valence-electron chi connectivity index (χ1n) is 2.27. The summed E-state index contributed by atoms with van der Waals surface area (Å²) in [6.45, 7) is 1.33. The summed E-state index contributed by atoms with van der Waals surface area (Å²) in [6, 6.07) is -0.852. The van der Waals surface area contributed by atoms with Gasteiger partial charge in [-0.25, -0.2) is 8.78 Å². The third-order valence-corrected chi connectivity index (χ3v) is 0.797. The normalized spacial score (nSPS) is 18.8. The first kappa shape index (κ1) is 7.78. The second-order valence-corrected chi connectivity index (χ2v) is 1.68. The van der Waals surface area contributed by atoms with Gasteiger partial charge in [-0.15, -0.1) is 0 Å². The summed E-state index contributed by atoms with van der Waals surface area (Å²) in [5.41, 5.74) is 4.91. The summed E-state index contributed by atoms with van der Waals surface area (Å²) in [5, 5.41) is 8.33. The summed E-state index contributed by atoms with van der Waals surface area (Å²) in [7, 11) is 0. The smallest absolute Gasteiger partial charge is 0.265 e. The van der Waals surface area contributed by atoms with Crippen molar-refractivity contribution < 1.29 is 13.9 Å². The number of hydrogen-bond acceptors (Lipinski definition) is 2. The van der Waals surface area contributed by atoms with Crippen LogP contribution in [0.1, 0.15) is 6.92 Å². The Kier molecular flexibility index (Phi) is 2.86. The number of aliphatic hydroxyl groups is 1. The summed E-state index contributed by atoms with van der Waals surface area (Å²) in [6.07, 6.45) is -4.41. The minimum absolute atomic E-state index is 0.852. The highest BCUT2D eigenvalue weighted by Gasteiger charge is 2.20. The van der Waals surface area contributed by atoms with Crippen molar-refractivity contribution in [1.82, 2.24) is 0 Å². The molecule has 0 spiro atoms. The van der Waals surface area contributed by atoms with Crippen LogP contribution in [0.15, 0.2) is 0 Å². The number of alkyl halides is 2. The Hall–Kier alpha value is -0.220. The van der Waals surface area contributed by atoms with E-state index in [-0.39, 0.29) is 0 Å². The Morgan fingerprint density at radius 1 is 1.50 bits per heavy atom. The fraction of sp³-hybridized carbons (Fsp3) is 1.00. The average molecular weight is 125 g/mol. The zero-order valence-corrected chi connectivity index (χ0v) is 4.51. The van der Waals surface area contributed by atoms with E-state index in [0.29, 0.717) is 0 Å². The number of halogens is 2. The molecule has 0 unspecified atom stereocenters. The van der Waals surface area contributed by atoms with Crippen LogP contribution in [0.5, 0.6) is 0 Å². The van der Waals surface area contributed by atoms with Crippen LogP contribution in [-0.4, -0.2) is 23.7 Å². The van der Waals surface area contributed by atoms with Gasteiger partial charge >= 0.3 is 0 Å². The lowest BCUT2D eigenvalue weighted by molar-refractivity contribution is -0.0153. The Labute approximate surface area is 46.3 Å². The van der Waals surface area contributed by atoms with E-state index in [9.17, 15) is 8.78 Å². The van der Waals surface area contributed by atoms with Gasteiger partial charge in [0.2, 0.25) is 0 Å². The predicted octanol–water partition coefficient (Wildman–Crippen LogP) is -0.0404. The number of nitrogens with two attached hydrogens (primary N) is 1. The summed E-state index contributed by atoms with van der Waals surface area (Å²) < 4.78 is 22.7. The van der Waals surface area contributed by atoms with Crippen LogP contribution in [-0.2, 0) is 0 Å². The van der Waals surface area contributed by atoms with Crippen LogP contribution in [0.2, 0.25) is 0 Å². The third-order valence-electron chi connectivity index (χ3n) is 0.797. The van der Waals surface area contributed by atoms with Gasteiger partial charge in [-0.3, -0.25) is 0 Å². The Morgan fingerprint density at radius 2 is 1.88 bits per heavy atom. The van der Waals surface area contributed by atoms with Crippen molar-refractivity contribution >= 4 is 0 Å². The fourth-order valence-corrected chi connectivity index (χ4v) is 0.229. The van der Waals surface area contributed by atoms with Crippen LogP contribution in [0.4, 0.5) is 8.78 Å². The van der Waals surface area contributed by atoms with Crippen LogP contribution in [0, 0.1) is 0 Å². The van der Waals surface area contributed by atoms with Crippen LogP contribution < -0.4 is 5.73 Å². The maximum atomic E-state index is 11.3. The molecule has 2 nitrogen and oxygen atoms in total. The maximum Gasteiger partial charge on any atom is 0.265 e. The highest BCUT2D eigenvalue weighted by atomic mass is 19.3. The minimum atomic E-state index is -2.73. The lowest BCUT2D eigenvalue weighted by Crippen LogP contribution is -2.36. The standard InChI is InChI=1S/C4H9F2NO/c1-2(7)3(8)4(5)6/h2-4,8H,7H2,1H3/t2-,3+/m1/s1. The molecule has 0 heterocycles.